The highest BCUT2D eigenvalue weighted by atomic mass is 16.3. The van der Waals surface area contributed by atoms with Gasteiger partial charge < -0.3 is 14.6 Å². The van der Waals surface area contributed by atoms with E-state index in [1.165, 1.54) is 0 Å². The van der Waals surface area contributed by atoms with Crippen LogP contribution in [0.5, 0.6) is 0 Å². The third kappa shape index (κ3) is 3.06. The third-order valence-electron chi connectivity index (χ3n) is 4.84. The van der Waals surface area contributed by atoms with Crippen LogP contribution < -0.4 is 4.90 Å². The number of carbonyl (C=O) groups is 1. The maximum atomic E-state index is 13.2. The number of aliphatic hydroxyl groups excluding tert-OH is 1. The number of para-hydroxylation sites is 2. The summed E-state index contributed by atoms with van der Waals surface area (Å²) in [5, 5.41) is 11.8. The number of imidazole rings is 1. The van der Waals surface area contributed by atoms with E-state index < -0.39 is 0 Å². The van der Waals surface area contributed by atoms with Crippen molar-refractivity contribution in [2.24, 2.45) is 0 Å². The molecule has 5 nitrogen and oxygen atoms in total. The van der Waals surface area contributed by atoms with Crippen molar-refractivity contribution in [1.82, 2.24) is 9.55 Å². The zero-order chi connectivity index (χ0) is 18.8. The molecule has 0 spiro atoms. The van der Waals surface area contributed by atoms with E-state index in [9.17, 15) is 9.90 Å². The van der Waals surface area contributed by atoms with Crippen LogP contribution in [-0.4, -0.2) is 27.1 Å². The Morgan fingerprint density at radius 1 is 1.04 bits per heavy atom. The Hall–Kier alpha value is -3.18. The summed E-state index contributed by atoms with van der Waals surface area (Å²) in [5.41, 5.74) is 2.53. The van der Waals surface area contributed by atoms with Crippen molar-refractivity contribution in [3.8, 4) is 0 Å². The molecule has 0 aliphatic rings. The largest absolute Gasteiger partial charge is 0.388 e. The van der Waals surface area contributed by atoms with Gasteiger partial charge in [0.2, 0.25) is 5.91 Å². The van der Waals surface area contributed by atoms with E-state index in [2.05, 4.69) is 4.98 Å². The van der Waals surface area contributed by atoms with Gasteiger partial charge in [0.25, 0.3) is 0 Å². The van der Waals surface area contributed by atoms with Crippen molar-refractivity contribution in [2.45, 2.75) is 20.1 Å². The SMILES string of the molecule is CCN(C(=O)Cn1c(CO)nc2ccccc21)c1cccc2ccccc12. The molecule has 5 heteroatoms. The van der Waals surface area contributed by atoms with Crippen LogP contribution in [0.15, 0.2) is 66.7 Å². The second-order valence-electron chi connectivity index (χ2n) is 6.40. The number of aliphatic hydroxyl groups is 1. The Morgan fingerprint density at radius 3 is 2.59 bits per heavy atom. The molecule has 1 heterocycles. The maximum Gasteiger partial charge on any atom is 0.246 e. The Balaban J connectivity index is 1.73. The van der Waals surface area contributed by atoms with Gasteiger partial charge in [-0.15, -0.1) is 0 Å². The second-order valence-corrected chi connectivity index (χ2v) is 6.40. The number of amides is 1. The van der Waals surface area contributed by atoms with E-state index in [1.54, 1.807) is 9.47 Å². The molecule has 0 atom stereocenters. The predicted octanol–water partition coefficient (Wildman–Crippen LogP) is 3.73. The highest BCUT2D eigenvalue weighted by Gasteiger charge is 2.19. The van der Waals surface area contributed by atoms with E-state index in [0.29, 0.717) is 12.4 Å². The minimum absolute atomic E-state index is 0.0355. The second kappa shape index (κ2) is 7.21. The summed E-state index contributed by atoms with van der Waals surface area (Å²) in [6.07, 6.45) is 0. The van der Waals surface area contributed by atoms with Crippen molar-refractivity contribution in [3.05, 3.63) is 72.6 Å². The highest BCUT2D eigenvalue weighted by molar-refractivity contribution is 6.03. The molecule has 0 saturated heterocycles. The zero-order valence-corrected chi connectivity index (χ0v) is 15.2. The number of nitrogens with zero attached hydrogens (tertiary/aromatic N) is 3. The summed E-state index contributed by atoms with van der Waals surface area (Å²) in [6.45, 7) is 2.46. The molecule has 4 rings (SSSR count). The first kappa shape index (κ1) is 17.2. The van der Waals surface area contributed by atoms with Crippen LogP contribution in [-0.2, 0) is 17.9 Å². The fraction of sp³-hybridized carbons (Fsp3) is 0.182. The molecule has 0 unspecified atom stereocenters. The molecule has 0 saturated carbocycles. The summed E-state index contributed by atoms with van der Waals surface area (Å²) in [5.74, 6) is 0.463. The van der Waals surface area contributed by atoms with Crippen molar-refractivity contribution in [3.63, 3.8) is 0 Å². The number of hydrogen-bond donors (Lipinski definition) is 1. The fourth-order valence-corrected chi connectivity index (χ4v) is 3.57. The predicted molar refractivity (Wildman–Crippen MR) is 108 cm³/mol. The lowest BCUT2D eigenvalue weighted by atomic mass is 10.1. The molecule has 1 amide bonds. The normalized spacial score (nSPS) is 11.2. The van der Waals surface area contributed by atoms with Crippen molar-refractivity contribution >= 4 is 33.4 Å². The summed E-state index contributed by atoms with van der Waals surface area (Å²) in [6, 6.07) is 21.7. The number of carbonyl (C=O) groups excluding carboxylic acids is 1. The average molecular weight is 359 g/mol. The van der Waals surface area contributed by atoms with Crippen LogP contribution in [0.1, 0.15) is 12.7 Å². The molecule has 27 heavy (non-hydrogen) atoms. The number of likely N-dealkylation sites (N-methyl/N-ethyl adjacent to an activating group) is 1. The van der Waals surface area contributed by atoms with Gasteiger partial charge in [0.05, 0.1) is 16.7 Å². The molecular weight excluding hydrogens is 338 g/mol. The van der Waals surface area contributed by atoms with Crippen LogP contribution in [0.3, 0.4) is 0 Å². The van der Waals surface area contributed by atoms with Crippen molar-refractivity contribution in [2.75, 3.05) is 11.4 Å². The summed E-state index contributed by atoms with van der Waals surface area (Å²) < 4.78 is 1.80. The number of benzene rings is 3. The molecule has 136 valence electrons. The number of hydrogen-bond acceptors (Lipinski definition) is 3. The van der Waals surface area contributed by atoms with Crippen LogP contribution in [0.4, 0.5) is 5.69 Å². The summed E-state index contributed by atoms with van der Waals surface area (Å²) in [4.78, 5) is 19.4. The average Bonchev–Trinajstić information content (AvgIpc) is 3.06. The molecular formula is C22H21N3O2. The van der Waals surface area contributed by atoms with E-state index in [1.807, 2.05) is 73.7 Å². The van der Waals surface area contributed by atoms with Gasteiger partial charge in [-0.2, -0.15) is 0 Å². The molecule has 4 aromatic rings. The molecule has 0 radical (unpaired) electrons. The lowest BCUT2D eigenvalue weighted by molar-refractivity contribution is -0.119. The minimum atomic E-state index is -0.206. The molecule has 1 aromatic heterocycles. The molecule has 0 fully saturated rings. The molecule has 0 bridgehead atoms. The van der Waals surface area contributed by atoms with E-state index >= 15 is 0 Å². The van der Waals surface area contributed by atoms with Gasteiger partial charge >= 0.3 is 0 Å². The van der Waals surface area contributed by atoms with Gasteiger partial charge in [-0.3, -0.25) is 4.79 Å². The van der Waals surface area contributed by atoms with Gasteiger partial charge in [-0.1, -0.05) is 48.5 Å². The topological polar surface area (TPSA) is 58.4 Å². The molecule has 0 aliphatic carbocycles. The van der Waals surface area contributed by atoms with Gasteiger partial charge in [-0.25, -0.2) is 4.98 Å². The van der Waals surface area contributed by atoms with E-state index in [-0.39, 0.29) is 19.1 Å². The van der Waals surface area contributed by atoms with Gasteiger partial charge in [-0.05, 0) is 30.5 Å². The third-order valence-corrected chi connectivity index (χ3v) is 4.84. The standard InChI is InChI=1S/C22H21N3O2/c1-2-24(19-13-7-9-16-8-3-4-10-17(16)19)22(27)14-25-20-12-6-5-11-18(20)23-21(25)15-26/h3-13,26H,2,14-15H2,1H3. The Morgan fingerprint density at radius 2 is 1.78 bits per heavy atom. The quantitative estimate of drug-likeness (QED) is 0.591. The monoisotopic (exact) mass is 359 g/mol. The number of rotatable bonds is 5. The summed E-state index contributed by atoms with van der Waals surface area (Å²) in [7, 11) is 0. The Labute approximate surface area is 157 Å². The van der Waals surface area contributed by atoms with Crippen LogP contribution >= 0.6 is 0 Å². The first-order valence-electron chi connectivity index (χ1n) is 9.06. The van der Waals surface area contributed by atoms with Crippen molar-refractivity contribution < 1.29 is 9.90 Å². The first-order valence-corrected chi connectivity index (χ1v) is 9.06. The molecule has 1 N–H and O–H groups in total. The number of anilines is 1. The van der Waals surface area contributed by atoms with Crippen LogP contribution in [0.25, 0.3) is 21.8 Å². The fourth-order valence-electron chi connectivity index (χ4n) is 3.57. The highest BCUT2D eigenvalue weighted by Crippen LogP contribution is 2.27. The van der Waals surface area contributed by atoms with Gasteiger partial charge in [0.1, 0.15) is 19.0 Å². The first-order chi connectivity index (χ1) is 13.2. The van der Waals surface area contributed by atoms with Crippen molar-refractivity contribution in [1.29, 1.82) is 0 Å². The Kier molecular flexibility index (Phi) is 4.60. The van der Waals surface area contributed by atoms with Gasteiger partial charge in [0, 0.05) is 11.9 Å². The van der Waals surface area contributed by atoms with Gasteiger partial charge in [0.15, 0.2) is 0 Å². The maximum absolute atomic E-state index is 13.2. The minimum Gasteiger partial charge on any atom is -0.388 e. The summed E-state index contributed by atoms with van der Waals surface area (Å²) >= 11 is 0. The number of fused-ring (bicyclic) bond motifs is 2. The smallest absolute Gasteiger partial charge is 0.246 e. The number of aromatic nitrogens is 2. The molecule has 3 aromatic carbocycles. The molecule has 0 aliphatic heterocycles. The van der Waals surface area contributed by atoms with Crippen LogP contribution in [0, 0.1) is 0 Å². The van der Waals surface area contributed by atoms with E-state index in [0.717, 1.165) is 27.5 Å². The lowest BCUT2D eigenvalue weighted by Crippen LogP contribution is -2.34. The van der Waals surface area contributed by atoms with Crippen LogP contribution in [0.2, 0.25) is 0 Å². The Bertz CT molecular complexity index is 1110. The zero-order valence-electron chi connectivity index (χ0n) is 15.2. The van der Waals surface area contributed by atoms with E-state index in [4.69, 9.17) is 0 Å². The lowest BCUT2D eigenvalue weighted by Gasteiger charge is -2.23.